The molecule has 0 saturated carbocycles. The molecule has 5 nitrogen and oxygen atoms in total. The third kappa shape index (κ3) is 4.56. The van der Waals surface area contributed by atoms with Crippen molar-refractivity contribution in [3.8, 4) is 11.4 Å². The van der Waals surface area contributed by atoms with Gasteiger partial charge in [-0.2, -0.15) is 4.68 Å². The molecule has 4 rings (SSSR count). The highest BCUT2D eigenvalue weighted by atomic mass is 32.1. The Morgan fingerprint density at radius 2 is 1.57 bits per heavy atom. The summed E-state index contributed by atoms with van der Waals surface area (Å²) in [5.74, 6) is 0.919. The fraction of sp³-hybridized carbons (Fsp3) is 0.409. The normalized spacial score (nSPS) is 15.9. The molecular formula is C22H28N5S+. The van der Waals surface area contributed by atoms with Crippen LogP contribution in [0.5, 0.6) is 0 Å². The van der Waals surface area contributed by atoms with E-state index in [9.17, 15) is 0 Å². The number of nitrogens with zero attached hydrogens (tertiary/aromatic N) is 4. The first-order chi connectivity index (χ1) is 13.8. The molecule has 1 aromatic carbocycles. The van der Waals surface area contributed by atoms with Crippen molar-refractivity contribution in [1.29, 1.82) is 0 Å². The van der Waals surface area contributed by atoms with Crippen molar-refractivity contribution in [2.75, 3.05) is 13.1 Å². The summed E-state index contributed by atoms with van der Waals surface area (Å²) in [4.78, 5) is 5.74. The third-order valence-corrected chi connectivity index (χ3v) is 5.91. The number of aromatic nitrogens is 4. The lowest BCUT2D eigenvalue weighted by Crippen LogP contribution is -3.11. The second-order valence-electron chi connectivity index (χ2n) is 7.59. The summed E-state index contributed by atoms with van der Waals surface area (Å²) >= 11 is 5.88. The first kappa shape index (κ1) is 19.0. The molecule has 3 aromatic rings. The highest BCUT2D eigenvalue weighted by molar-refractivity contribution is 7.71. The van der Waals surface area contributed by atoms with Gasteiger partial charge in [0, 0.05) is 18.0 Å². The smallest absolute Gasteiger partial charge is 0.203 e. The number of likely N-dealkylation sites (tertiary alicyclic amines) is 1. The van der Waals surface area contributed by atoms with Crippen LogP contribution in [-0.2, 0) is 13.2 Å². The minimum atomic E-state index is 0.729. The van der Waals surface area contributed by atoms with E-state index in [4.69, 9.17) is 17.3 Å². The highest BCUT2D eigenvalue weighted by Gasteiger charge is 2.18. The van der Waals surface area contributed by atoms with Gasteiger partial charge in [-0.25, -0.2) is 0 Å². The Balaban J connectivity index is 1.66. The van der Waals surface area contributed by atoms with Crippen molar-refractivity contribution in [3.63, 3.8) is 0 Å². The van der Waals surface area contributed by atoms with Gasteiger partial charge in [0.05, 0.1) is 19.6 Å². The number of hydrogen-bond donors (Lipinski definition) is 1. The molecular weight excluding hydrogens is 366 g/mol. The van der Waals surface area contributed by atoms with Crippen LogP contribution in [0.2, 0.25) is 0 Å². The molecule has 1 fully saturated rings. The maximum Gasteiger partial charge on any atom is 0.203 e. The van der Waals surface area contributed by atoms with Crippen LogP contribution in [0.4, 0.5) is 0 Å². The van der Waals surface area contributed by atoms with Crippen molar-refractivity contribution in [3.05, 3.63) is 65.2 Å². The van der Waals surface area contributed by atoms with Crippen molar-refractivity contribution >= 4 is 12.2 Å². The Morgan fingerprint density at radius 3 is 2.29 bits per heavy atom. The number of quaternary nitrogens is 1. The molecule has 0 aliphatic carbocycles. The van der Waals surface area contributed by atoms with E-state index in [2.05, 4.69) is 33.8 Å². The molecule has 6 heteroatoms. The Labute approximate surface area is 171 Å². The fourth-order valence-corrected chi connectivity index (χ4v) is 4.20. The first-order valence-corrected chi connectivity index (χ1v) is 10.7. The molecule has 3 heterocycles. The molecule has 2 aromatic heterocycles. The Morgan fingerprint density at radius 1 is 0.893 bits per heavy atom. The average Bonchev–Trinajstić information content (AvgIpc) is 3.01. The standard InChI is InChI=1S/C22H27N5S/c28-22-26(17-19-9-5-4-6-10-19)21(20-11-13-23-14-12-20)24-27(22)18-25-15-7-2-1-3-8-16-25/h4-6,9-14H,1-3,7-8,15-18H2/p+1. The van der Waals surface area contributed by atoms with E-state index in [0.717, 1.165) is 29.4 Å². The zero-order valence-electron chi connectivity index (χ0n) is 16.3. The van der Waals surface area contributed by atoms with E-state index in [-0.39, 0.29) is 0 Å². The first-order valence-electron chi connectivity index (χ1n) is 10.3. The average molecular weight is 395 g/mol. The Bertz CT molecular complexity index is 925. The van der Waals surface area contributed by atoms with Crippen LogP contribution in [0.1, 0.15) is 37.7 Å². The van der Waals surface area contributed by atoms with E-state index in [1.54, 1.807) is 4.90 Å². The molecule has 1 aliphatic rings. The van der Waals surface area contributed by atoms with Gasteiger partial charge >= 0.3 is 0 Å². The van der Waals surface area contributed by atoms with Crippen molar-refractivity contribution in [2.24, 2.45) is 0 Å². The molecule has 0 spiro atoms. The topological polar surface area (TPSA) is 40.1 Å². The molecule has 0 unspecified atom stereocenters. The second kappa shape index (κ2) is 9.26. The maximum atomic E-state index is 5.88. The fourth-order valence-electron chi connectivity index (χ4n) is 3.94. The van der Waals surface area contributed by atoms with Gasteiger partial charge in [0.1, 0.15) is 0 Å². The van der Waals surface area contributed by atoms with E-state index in [0.29, 0.717) is 0 Å². The predicted molar refractivity (Wildman–Crippen MR) is 114 cm³/mol. The van der Waals surface area contributed by atoms with Gasteiger partial charge in [0.25, 0.3) is 0 Å². The van der Waals surface area contributed by atoms with Gasteiger partial charge in [-0.1, -0.05) is 36.8 Å². The largest absolute Gasteiger partial charge is 0.316 e. The molecule has 1 aliphatic heterocycles. The Hall–Kier alpha value is -2.31. The summed E-state index contributed by atoms with van der Waals surface area (Å²) in [6.07, 6.45) is 10.3. The minimum absolute atomic E-state index is 0.729. The Kier molecular flexibility index (Phi) is 6.29. The molecule has 0 amide bonds. The van der Waals surface area contributed by atoms with Gasteiger partial charge in [-0.05, 0) is 55.6 Å². The zero-order valence-corrected chi connectivity index (χ0v) is 17.1. The predicted octanol–water partition coefficient (Wildman–Crippen LogP) is 3.33. The maximum absolute atomic E-state index is 5.88. The number of hydrogen-bond acceptors (Lipinski definition) is 3. The molecule has 1 saturated heterocycles. The van der Waals surface area contributed by atoms with Crippen LogP contribution in [0.15, 0.2) is 54.9 Å². The minimum Gasteiger partial charge on any atom is -0.316 e. The van der Waals surface area contributed by atoms with Gasteiger partial charge in [-0.3, -0.25) is 9.55 Å². The lowest BCUT2D eigenvalue weighted by Gasteiger charge is -2.21. The van der Waals surface area contributed by atoms with Crippen molar-refractivity contribution in [1.82, 2.24) is 19.3 Å². The van der Waals surface area contributed by atoms with Crippen LogP contribution in [0.25, 0.3) is 11.4 Å². The molecule has 0 atom stereocenters. The van der Waals surface area contributed by atoms with Gasteiger partial charge < -0.3 is 4.90 Å². The SMILES string of the molecule is S=c1n(C[NH+]2CCCCCCC2)nc(-c2ccncc2)n1Cc1ccccc1. The summed E-state index contributed by atoms with van der Waals surface area (Å²) in [5.41, 5.74) is 2.28. The number of benzene rings is 1. The van der Waals surface area contributed by atoms with Crippen LogP contribution in [0, 0.1) is 4.77 Å². The number of nitrogens with one attached hydrogen (secondary N) is 1. The molecule has 0 bridgehead atoms. The van der Waals surface area contributed by atoms with Crippen LogP contribution in [0.3, 0.4) is 0 Å². The monoisotopic (exact) mass is 394 g/mol. The number of rotatable bonds is 5. The van der Waals surface area contributed by atoms with Crippen LogP contribution in [-0.4, -0.2) is 32.4 Å². The zero-order chi connectivity index (χ0) is 19.2. The second-order valence-corrected chi connectivity index (χ2v) is 7.95. The summed E-state index contributed by atoms with van der Waals surface area (Å²) in [6, 6.07) is 14.5. The summed E-state index contributed by atoms with van der Waals surface area (Å²) < 4.78 is 4.99. The van der Waals surface area contributed by atoms with E-state index in [1.165, 1.54) is 50.8 Å². The van der Waals surface area contributed by atoms with Gasteiger partial charge in [-0.15, -0.1) is 5.10 Å². The quantitative estimate of drug-likeness (QED) is 0.675. The van der Waals surface area contributed by atoms with Crippen molar-refractivity contribution < 1.29 is 4.90 Å². The highest BCUT2D eigenvalue weighted by Crippen LogP contribution is 2.19. The lowest BCUT2D eigenvalue weighted by atomic mass is 10.1. The molecule has 1 N–H and O–H groups in total. The molecule has 28 heavy (non-hydrogen) atoms. The number of pyridine rings is 1. The van der Waals surface area contributed by atoms with E-state index < -0.39 is 0 Å². The third-order valence-electron chi connectivity index (χ3n) is 5.48. The molecule has 0 radical (unpaired) electrons. The summed E-state index contributed by atoms with van der Waals surface area (Å²) in [6.45, 7) is 3.99. The van der Waals surface area contributed by atoms with Gasteiger partial charge in [0.2, 0.25) is 4.77 Å². The van der Waals surface area contributed by atoms with E-state index in [1.807, 2.05) is 35.3 Å². The van der Waals surface area contributed by atoms with E-state index >= 15 is 0 Å². The van der Waals surface area contributed by atoms with Gasteiger partial charge in [0.15, 0.2) is 12.5 Å². The van der Waals surface area contributed by atoms with Crippen LogP contribution < -0.4 is 4.90 Å². The molecule has 146 valence electrons. The summed E-state index contributed by atoms with van der Waals surface area (Å²) in [7, 11) is 0. The summed E-state index contributed by atoms with van der Waals surface area (Å²) in [5, 5.41) is 4.95. The lowest BCUT2D eigenvalue weighted by molar-refractivity contribution is -0.924. The van der Waals surface area contributed by atoms with Crippen molar-refractivity contribution in [2.45, 2.75) is 45.3 Å². The van der Waals surface area contributed by atoms with Crippen LogP contribution >= 0.6 is 12.2 Å².